The lowest BCUT2D eigenvalue weighted by atomic mass is 10.0. The summed E-state index contributed by atoms with van der Waals surface area (Å²) < 4.78 is 5.88. The van der Waals surface area contributed by atoms with Gasteiger partial charge < -0.3 is 20.3 Å². The van der Waals surface area contributed by atoms with Crippen LogP contribution in [0.2, 0.25) is 0 Å². The summed E-state index contributed by atoms with van der Waals surface area (Å²) in [6, 6.07) is -0.720. The fourth-order valence-corrected chi connectivity index (χ4v) is 7.41. The quantitative estimate of drug-likeness (QED) is 0.0322. The average molecular weight is 852 g/mol. The Labute approximate surface area is 377 Å². The van der Waals surface area contributed by atoms with E-state index in [2.05, 4.69) is 92.9 Å². The number of hydrogen-bond donors (Lipinski definition) is 3. The summed E-state index contributed by atoms with van der Waals surface area (Å²) in [4.78, 5) is 26.1. The number of esters is 1. The van der Waals surface area contributed by atoms with Crippen LogP contribution in [0.3, 0.4) is 0 Å². The number of allylic oxidation sites excluding steroid dienone is 12. The lowest BCUT2D eigenvalue weighted by Gasteiger charge is -2.24. The zero-order valence-electron chi connectivity index (χ0n) is 40.0. The highest BCUT2D eigenvalue weighted by Crippen LogP contribution is 2.17. The van der Waals surface area contributed by atoms with E-state index in [-0.39, 0.29) is 31.3 Å². The predicted octanol–water partition coefficient (Wildman–Crippen LogP) is 15.4. The molecule has 0 aliphatic heterocycles. The van der Waals surface area contributed by atoms with Gasteiger partial charge in [-0.1, -0.05) is 216 Å². The highest BCUT2D eigenvalue weighted by molar-refractivity contribution is 5.77. The van der Waals surface area contributed by atoms with E-state index in [1.54, 1.807) is 0 Å². The summed E-state index contributed by atoms with van der Waals surface area (Å²) in [5.41, 5.74) is 0. The third-order valence-corrected chi connectivity index (χ3v) is 11.3. The Morgan fingerprint density at radius 2 is 0.885 bits per heavy atom. The van der Waals surface area contributed by atoms with E-state index in [9.17, 15) is 19.8 Å². The number of carbonyl (C=O) groups is 2. The van der Waals surface area contributed by atoms with Crippen molar-refractivity contribution < 1.29 is 24.5 Å². The molecule has 1 amide bonds. The van der Waals surface area contributed by atoms with Crippen molar-refractivity contribution in [2.45, 2.75) is 257 Å². The second-order valence-electron chi connectivity index (χ2n) is 17.2. The maximum atomic E-state index is 13.2. The number of carbonyl (C=O) groups excluding carboxylic acids is 2. The fourth-order valence-electron chi connectivity index (χ4n) is 7.41. The Morgan fingerprint density at radius 1 is 0.492 bits per heavy atom. The van der Waals surface area contributed by atoms with Crippen LogP contribution in [0.4, 0.5) is 0 Å². The number of aliphatic hydroxyl groups is 2. The zero-order chi connectivity index (χ0) is 44.5. The first-order valence-electron chi connectivity index (χ1n) is 25.7. The van der Waals surface area contributed by atoms with E-state index < -0.39 is 18.2 Å². The summed E-state index contributed by atoms with van der Waals surface area (Å²) in [5.74, 6) is -0.582. The molecule has 0 fully saturated rings. The van der Waals surface area contributed by atoms with Gasteiger partial charge in [-0.15, -0.1) is 0 Å². The Kier molecular flexibility index (Phi) is 46.2. The maximum absolute atomic E-state index is 13.2. The van der Waals surface area contributed by atoms with Gasteiger partial charge in [-0.3, -0.25) is 9.59 Å². The van der Waals surface area contributed by atoms with E-state index in [1.807, 2.05) is 6.08 Å². The highest BCUT2D eigenvalue weighted by atomic mass is 16.5. The summed E-state index contributed by atoms with van der Waals surface area (Å²) >= 11 is 0. The molecule has 0 aromatic rings. The van der Waals surface area contributed by atoms with Gasteiger partial charge in [0, 0.05) is 6.42 Å². The van der Waals surface area contributed by atoms with E-state index in [4.69, 9.17) is 4.74 Å². The van der Waals surface area contributed by atoms with Gasteiger partial charge in [0.05, 0.1) is 25.2 Å². The minimum atomic E-state index is -0.804. The molecule has 0 saturated carbocycles. The number of nitrogens with one attached hydrogen (secondary N) is 1. The van der Waals surface area contributed by atoms with Crippen LogP contribution in [0.15, 0.2) is 72.9 Å². The molecular weight excluding hydrogens is 755 g/mol. The van der Waals surface area contributed by atoms with Crippen molar-refractivity contribution in [2.75, 3.05) is 6.61 Å². The summed E-state index contributed by atoms with van der Waals surface area (Å²) in [7, 11) is 0. The Bertz CT molecular complexity index is 1140. The molecule has 3 N–H and O–H groups in total. The molecule has 0 bridgehead atoms. The third kappa shape index (κ3) is 43.7. The summed E-state index contributed by atoms with van der Waals surface area (Å²) in [6.45, 7) is 6.33. The van der Waals surface area contributed by atoms with Crippen molar-refractivity contribution in [3.8, 4) is 0 Å². The van der Waals surface area contributed by atoms with Crippen molar-refractivity contribution in [1.82, 2.24) is 5.32 Å². The van der Waals surface area contributed by atoms with Gasteiger partial charge in [0.15, 0.2) is 0 Å². The Balaban J connectivity index is 4.70. The van der Waals surface area contributed by atoms with Crippen LogP contribution in [-0.4, -0.2) is 46.9 Å². The van der Waals surface area contributed by atoms with Gasteiger partial charge >= 0.3 is 5.97 Å². The molecule has 0 aromatic heterocycles. The molecule has 0 aromatic carbocycles. The van der Waals surface area contributed by atoms with E-state index in [0.717, 1.165) is 77.0 Å². The van der Waals surface area contributed by atoms with Gasteiger partial charge in [0.1, 0.15) is 6.10 Å². The lowest BCUT2D eigenvalue weighted by molar-refractivity contribution is -0.150. The molecule has 6 heteroatoms. The Morgan fingerprint density at radius 3 is 1.36 bits per heavy atom. The number of ether oxygens (including phenoxy) is 1. The van der Waals surface area contributed by atoms with Crippen LogP contribution in [0.5, 0.6) is 0 Å². The summed E-state index contributed by atoms with van der Waals surface area (Å²) in [6.07, 6.45) is 61.1. The predicted molar refractivity (Wildman–Crippen MR) is 264 cm³/mol. The third-order valence-electron chi connectivity index (χ3n) is 11.3. The van der Waals surface area contributed by atoms with Crippen molar-refractivity contribution in [3.63, 3.8) is 0 Å². The van der Waals surface area contributed by atoms with Crippen molar-refractivity contribution >= 4 is 11.9 Å². The first kappa shape index (κ1) is 58.3. The van der Waals surface area contributed by atoms with Gasteiger partial charge in [-0.25, -0.2) is 0 Å². The maximum Gasteiger partial charge on any atom is 0.306 e. The minimum absolute atomic E-state index is 0.0401. The standard InChI is InChI=1S/C55H97NO5/c1-4-7-10-13-16-19-22-25-26-27-30-33-36-39-42-45-48-55(60)61-51(46-43-40-37-34-31-28-23-20-17-14-11-8-5-2)49-54(59)56-52(50-57)53(58)47-44-41-38-35-32-29-24-21-18-15-12-9-6-3/h7,10,16,19-20,23,25-26,30,33,39,42,51-53,57-58H,4-6,8-9,11-15,17-18,21-22,24,27-29,31-32,34-38,40-41,43-50H2,1-3H3,(H,56,59)/b10-7+,19-16+,23-20-,26-25+,33-30+,42-39+. The van der Waals surface area contributed by atoms with Crippen molar-refractivity contribution in [2.24, 2.45) is 0 Å². The van der Waals surface area contributed by atoms with Crippen LogP contribution >= 0.6 is 0 Å². The molecule has 0 saturated heterocycles. The molecule has 0 heterocycles. The van der Waals surface area contributed by atoms with Crippen LogP contribution in [0, 0.1) is 0 Å². The average Bonchev–Trinajstić information content (AvgIpc) is 3.25. The first-order valence-corrected chi connectivity index (χ1v) is 25.7. The molecule has 3 atom stereocenters. The molecule has 0 aliphatic carbocycles. The normalized spacial score (nSPS) is 13.9. The van der Waals surface area contributed by atoms with Crippen molar-refractivity contribution in [1.29, 1.82) is 0 Å². The minimum Gasteiger partial charge on any atom is -0.462 e. The van der Waals surface area contributed by atoms with E-state index >= 15 is 0 Å². The second-order valence-corrected chi connectivity index (χ2v) is 17.2. The first-order chi connectivity index (χ1) is 30.0. The highest BCUT2D eigenvalue weighted by Gasteiger charge is 2.24. The molecule has 6 nitrogen and oxygen atoms in total. The Hall–Kier alpha value is -2.70. The molecular formula is C55H97NO5. The van der Waals surface area contributed by atoms with Gasteiger partial charge in [0.25, 0.3) is 0 Å². The van der Waals surface area contributed by atoms with Crippen LogP contribution < -0.4 is 5.32 Å². The van der Waals surface area contributed by atoms with Gasteiger partial charge in [0.2, 0.25) is 5.91 Å². The summed E-state index contributed by atoms with van der Waals surface area (Å²) in [5, 5.41) is 23.7. The monoisotopic (exact) mass is 852 g/mol. The number of unbranched alkanes of at least 4 members (excludes halogenated alkanes) is 21. The molecule has 0 rings (SSSR count). The molecule has 352 valence electrons. The topological polar surface area (TPSA) is 95.9 Å². The fraction of sp³-hybridized carbons (Fsp3) is 0.745. The van der Waals surface area contributed by atoms with E-state index in [1.165, 1.54) is 109 Å². The van der Waals surface area contributed by atoms with Crippen molar-refractivity contribution in [3.05, 3.63) is 72.9 Å². The number of hydrogen-bond acceptors (Lipinski definition) is 5. The smallest absolute Gasteiger partial charge is 0.306 e. The largest absolute Gasteiger partial charge is 0.462 e. The molecule has 61 heavy (non-hydrogen) atoms. The lowest BCUT2D eigenvalue weighted by Crippen LogP contribution is -2.46. The van der Waals surface area contributed by atoms with Crippen LogP contribution in [0.1, 0.15) is 239 Å². The molecule has 3 unspecified atom stereocenters. The SMILES string of the molecule is CC/C=C/C/C=C/C/C=C/C/C=C/C/C=C/CCC(=O)OC(CCCCCCC/C=C\CCCCCC)CC(=O)NC(CO)C(O)CCCCCCCCCCCCCCC. The van der Waals surface area contributed by atoms with Crippen LogP contribution in [-0.2, 0) is 14.3 Å². The molecule has 0 spiro atoms. The second kappa shape index (κ2) is 48.3. The molecule has 0 radical (unpaired) electrons. The number of rotatable bonds is 45. The van der Waals surface area contributed by atoms with E-state index in [0.29, 0.717) is 19.3 Å². The molecule has 0 aliphatic rings. The van der Waals surface area contributed by atoms with Gasteiger partial charge in [-0.05, 0) is 83.5 Å². The van der Waals surface area contributed by atoms with Crippen LogP contribution in [0.25, 0.3) is 0 Å². The van der Waals surface area contributed by atoms with Gasteiger partial charge in [-0.2, -0.15) is 0 Å². The number of amides is 1. The zero-order valence-corrected chi connectivity index (χ0v) is 40.0. The number of aliphatic hydroxyl groups excluding tert-OH is 2.